The van der Waals surface area contributed by atoms with Crippen molar-refractivity contribution in [3.05, 3.63) is 48.0 Å². The summed E-state index contributed by atoms with van der Waals surface area (Å²) >= 11 is 0. The Morgan fingerprint density at radius 3 is 2.86 bits per heavy atom. The van der Waals surface area contributed by atoms with E-state index in [-0.39, 0.29) is 5.91 Å². The van der Waals surface area contributed by atoms with Gasteiger partial charge in [-0.2, -0.15) is 0 Å². The molecule has 3 heteroatoms. The number of rotatable bonds is 5. The summed E-state index contributed by atoms with van der Waals surface area (Å²) in [5.74, 6) is 0.687. The molecule has 1 aromatic carbocycles. The summed E-state index contributed by atoms with van der Waals surface area (Å²) in [6, 6.07) is 10.9. The molecule has 2 aliphatic rings. The molecular formula is C19H26N2O. The van der Waals surface area contributed by atoms with E-state index in [0.717, 1.165) is 38.9 Å². The summed E-state index contributed by atoms with van der Waals surface area (Å²) in [6.45, 7) is 3.09. The van der Waals surface area contributed by atoms with Crippen molar-refractivity contribution in [2.75, 3.05) is 13.1 Å². The van der Waals surface area contributed by atoms with Crippen molar-refractivity contribution in [2.24, 2.45) is 5.92 Å². The van der Waals surface area contributed by atoms with Gasteiger partial charge in [-0.3, -0.25) is 9.69 Å². The number of likely N-dealkylation sites (tertiary alicyclic amines) is 1. The Bertz CT molecular complexity index is 511. The fourth-order valence-corrected chi connectivity index (χ4v) is 3.55. The first-order valence-corrected chi connectivity index (χ1v) is 8.52. The number of amides is 1. The van der Waals surface area contributed by atoms with E-state index in [0.29, 0.717) is 18.4 Å². The first kappa shape index (κ1) is 15.3. The number of hydrogen-bond acceptors (Lipinski definition) is 2. The first-order valence-electron chi connectivity index (χ1n) is 8.52. The monoisotopic (exact) mass is 298 g/mol. The molecule has 1 fully saturated rings. The van der Waals surface area contributed by atoms with Gasteiger partial charge in [0.1, 0.15) is 0 Å². The fraction of sp³-hybridized carbons (Fsp3) is 0.526. The number of benzene rings is 1. The van der Waals surface area contributed by atoms with Gasteiger partial charge in [0.05, 0.1) is 0 Å². The lowest BCUT2D eigenvalue weighted by Crippen LogP contribution is -2.47. The van der Waals surface area contributed by atoms with Crippen molar-refractivity contribution in [1.29, 1.82) is 0 Å². The molecule has 2 atom stereocenters. The SMILES string of the molecule is O=C(C[C@@H]1C=CCC1)N[C@H]1CCCN(Cc2ccccc2)C1. The number of piperidine rings is 1. The largest absolute Gasteiger partial charge is 0.352 e. The number of carbonyl (C=O) groups excluding carboxylic acids is 1. The van der Waals surface area contributed by atoms with Crippen LogP contribution in [0.1, 0.15) is 37.7 Å². The lowest BCUT2D eigenvalue weighted by atomic mass is 10.0. The van der Waals surface area contributed by atoms with Crippen LogP contribution in [-0.4, -0.2) is 29.9 Å². The van der Waals surface area contributed by atoms with Crippen LogP contribution in [0, 0.1) is 5.92 Å². The highest BCUT2D eigenvalue weighted by Gasteiger charge is 2.22. The van der Waals surface area contributed by atoms with Crippen LogP contribution in [0.15, 0.2) is 42.5 Å². The Morgan fingerprint density at radius 1 is 1.23 bits per heavy atom. The second kappa shape index (κ2) is 7.59. The predicted octanol–water partition coefficient (Wildman–Crippen LogP) is 3.12. The molecule has 3 rings (SSSR count). The summed E-state index contributed by atoms with van der Waals surface area (Å²) in [6.07, 6.45) is 9.59. The zero-order valence-corrected chi connectivity index (χ0v) is 13.2. The minimum atomic E-state index is 0.225. The van der Waals surface area contributed by atoms with Crippen LogP contribution in [-0.2, 0) is 11.3 Å². The van der Waals surface area contributed by atoms with Crippen molar-refractivity contribution < 1.29 is 4.79 Å². The minimum absolute atomic E-state index is 0.225. The zero-order valence-electron chi connectivity index (χ0n) is 13.2. The molecule has 1 aliphatic carbocycles. The van der Waals surface area contributed by atoms with Crippen LogP contribution < -0.4 is 5.32 Å². The summed E-state index contributed by atoms with van der Waals surface area (Å²) in [7, 11) is 0. The van der Waals surface area contributed by atoms with Gasteiger partial charge in [0, 0.05) is 25.6 Å². The maximum Gasteiger partial charge on any atom is 0.220 e. The molecule has 118 valence electrons. The molecule has 1 amide bonds. The third kappa shape index (κ3) is 4.44. The highest BCUT2D eigenvalue weighted by molar-refractivity contribution is 5.76. The maximum atomic E-state index is 12.2. The van der Waals surface area contributed by atoms with E-state index in [4.69, 9.17) is 0 Å². The molecule has 1 saturated heterocycles. The van der Waals surface area contributed by atoms with Gasteiger partial charge in [-0.05, 0) is 43.7 Å². The highest BCUT2D eigenvalue weighted by Crippen LogP contribution is 2.20. The van der Waals surface area contributed by atoms with E-state index >= 15 is 0 Å². The molecule has 0 unspecified atom stereocenters. The molecule has 0 aromatic heterocycles. The van der Waals surface area contributed by atoms with E-state index in [1.54, 1.807) is 0 Å². The Morgan fingerprint density at radius 2 is 2.09 bits per heavy atom. The average Bonchev–Trinajstić information content (AvgIpc) is 3.01. The minimum Gasteiger partial charge on any atom is -0.352 e. The number of carbonyl (C=O) groups is 1. The van der Waals surface area contributed by atoms with Gasteiger partial charge in [-0.25, -0.2) is 0 Å². The van der Waals surface area contributed by atoms with Gasteiger partial charge >= 0.3 is 0 Å². The summed E-state index contributed by atoms with van der Waals surface area (Å²) in [5.41, 5.74) is 1.35. The predicted molar refractivity (Wildman–Crippen MR) is 89.4 cm³/mol. The molecule has 1 aliphatic heterocycles. The number of allylic oxidation sites excluding steroid dienone is 2. The van der Waals surface area contributed by atoms with Crippen LogP contribution in [0.2, 0.25) is 0 Å². The number of nitrogens with zero attached hydrogens (tertiary/aromatic N) is 1. The zero-order chi connectivity index (χ0) is 15.2. The molecule has 0 saturated carbocycles. The van der Waals surface area contributed by atoms with E-state index in [1.807, 2.05) is 0 Å². The highest BCUT2D eigenvalue weighted by atomic mass is 16.1. The summed E-state index contributed by atoms with van der Waals surface area (Å²) in [4.78, 5) is 14.6. The van der Waals surface area contributed by atoms with Gasteiger partial charge < -0.3 is 5.32 Å². The lowest BCUT2D eigenvalue weighted by molar-refractivity contribution is -0.122. The van der Waals surface area contributed by atoms with Crippen LogP contribution >= 0.6 is 0 Å². The Labute approximate surface area is 133 Å². The Balaban J connectivity index is 1.45. The standard InChI is InChI=1S/C19H26N2O/c22-19(13-16-7-4-5-8-16)20-18-11-6-12-21(15-18)14-17-9-2-1-3-10-17/h1-4,7,9-10,16,18H,5-6,8,11-15H2,(H,20,22)/t16-,18+/m1/s1. The topological polar surface area (TPSA) is 32.3 Å². The smallest absolute Gasteiger partial charge is 0.220 e. The summed E-state index contributed by atoms with van der Waals surface area (Å²) in [5, 5.41) is 3.25. The molecule has 1 N–H and O–H groups in total. The van der Waals surface area contributed by atoms with Gasteiger partial charge in [-0.15, -0.1) is 0 Å². The van der Waals surface area contributed by atoms with Crippen LogP contribution in [0.3, 0.4) is 0 Å². The number of nitrogens with one attached hydrogen (secondary N) is 1. The molecule has 0 spiro atoms. The van der Waals surface area contributed by atoms with Crippen molar-refractivity contribution in [2.45, 2.75) is 44.7 Å². The quantitative estimate of drug-likeness (QED) is 0.847. The Kier molecular flexibility index (Phi) is 5.28. The Hall–Kier alpha value is -1.61. The van der Waals surface area contributed by atoms with Crippen molar-refractivity contribution in [3.8, 4) is 0 Å². The molecule has 0 bridgehead atoms. The lowest BCUT2D eigenvalue weighted by Gasteiger charge is -2.33. The third-order valence-corrected chi connectivity index (χ3v) is 4.68. The van der Waals surface area contributed by atoms with Crippen LogP contribution in [0.25, 0.3) is 0 Å². The average molecular weight is 298 g/mol. The molecule has 1 heterocycles. The molecule has 1 aromatic rings. The third-order valence-electron chi connectivity index (χ3n) is 4.68. The first-order chi connectivity index (χ1) is 10.8. The molecule has 22 heavy (non-hydrogen) atoms. The van der Waals surface area contributed by atoms with Gasteiger partial charge in [0.15, 0.2) is 0 Å². The molecule has 0 radical (unpaired) electrons. The van der Waals surface area contributed by atoms with E-state index in [1.165, 1.54) is 12.0 Å². The van der Waals surface area contributed by atoms with Crippen molar-refractivity contribution in [1.82, 2.24) is 10.2 Å². The van der Waals surface area contributed by atoms with Crippen LogP contribution in [0.5, 0.6) is 0 Å². The van der Waals surface area contributed by atoms with Gasteiger partial charge in [0.2, 0.25) is 5.91 Å². The van der Waals surface area contributed by atoms with Gasteiger partial charge in [-0.1, -0.05) is 42.5 Å². The van der Waals surface area contributed by atoms with E-state index < -0.39 is 0 Å². The van der Waals surface area contributed by atoms with Crippen molar-refractivity contribution >= 4 is 5.91 Å². The maximum absolute atomic E-state index is 12.2. The van der Waals surface area contributed by atoms with Crippen LogP contribution in [0.4, 0.5) is 0 Å². The summed E-state index contributed by atoms with van der Waals surface area (Å²) < 4.78 is 0. The second-order valence-electron chi connectivity index (χ2n) is 6.60. The molecular weight excluding hydrogens is 272 g/mol. The fourth-order valence-electron chi connectivity index (χ4n) is 3.55. The van der Waals surface area contributed by atoms with Crippen molar-refractivity contribution in [3.63, 3.8) is 0 Å². The van der Waals surface area contributed by atoms with E-state index in [9.17, 15) is 4.79 Å². The number of hydrogen-bond donors (Lipinski definition) is 1. The second-order valence-corrected chi connectivity index (χ2v) is 6.60. The molecule has 3 nitrogen and oxygen atoms in total. The van der Waals surface area contributed by atoms with E-state index in [2.05, 4.69) is 52.7 Å². The normalized spacial score (nSPS) is 25.3. The van der Waals surface area contributed by atoms with Gasteiger partial charge in [0.25, 0.3) is 0 Å².